The fourth-order valence-electron chi connectivity index (χ4n) is 1.85. The highest BCUT2D eigenvalue weighted by molar-refractivity contribution is 6.21. The van der Waals surface area contributed by atoms with Crippen molar-refractivity contribution in [2.24, 2.45) is 0 Å². The molecule has 0 aromatic heterocycles. The molecule has 0 N–H and O–H groups in total. The first-order valence-corrected chi connectivity index (χ1v) is 5.35. The van der Waals surface area contributed by atoms with Gasteiger partial charge in [-0.2, -0.15) is 13.2 Å². The largest absolute Gasteiger partial charge is 0.416 e. The number of ether oxygens (including phenoxy) is 1. The first kappa shape index (κ1) is 11.7. The van der Waals surface area contributed by atoms with Gasteiger partial charge in [0, 0.05) is 6.61 Å². The van der Waals surface area contributed by atoms with Gasteiger partial charge in [-0.15, -0.1) is 11.6 Å². The van der Waals surface area contributed by atoms with Gasteiger partial charge >= 0.3 is 6.18 Å². The molecule has 5 heteroatoms. The molecule has 0 amide bonds. The van der Waals surface area contributed by atoms with Crippen LogP contribution in [-0.4, -0.2) is 12.0 Å². The van der Waals surface area contributed by atoms with E-state index >= 15 is 0 Å². The first-order valence-electron chi connectivity index (χ1n) is 4.92. The van der Waals surface area contributed by atoms with Crippen LogP contribution in [0.5, 0.6) is 0 Å². The molecule has 0 radical (unpaired) electrons. The summed E-state index contributed by atoms with van der Waals surface area (Å²) in [5.41, 5.74) is -0.528. The van der Waals surface area contributed by atoms with E-state index in [0.717, 1.165) is 6.07 Å². The summed E-state index contributed by atoms with van der Waals surface area (Å²) in [4.78, 5) is 0. The van der Waals surface area contributed by atoms with Crippen molar-refractivity contribution in [2.75, 3.05) is 6.61 Å². The summed E-state index contributed by atoms with van der Waals surface area (Å²) in [5.74, 6) is 0. The SMILES string of the molecule is FC(F)(F)c1ccccc1[C@H]1OCC[C@H]1Cl. The summed E-state index contributed by atoms with van der Waals surface area (Å²) in [6, 6.07) is 5.41. The monoisotopic (exact) mass is 250 g/mol. The normalized spacial score (nSPS) is 26.0. The van der Waals surface area contributed by atoms with Crippen LogP contribution >= 0.6 is 11.6 Å². The average Bonchev–Trinajstić information content (AvgIpc) is 2.63. The standard InChI is InChI=1S/C11H10ClF3O/c12-9-5-6-16-10(9)7-3-1-2-4-8(7)11(13,14)15/h1-4,9-10H,5-6H2/t9-,10-/m1/s1. The van der Waals surface area contributed by atoms with Crippen molar-refractivity contribution in [1.82, 2.24) is 0 Å². The molecule has 1 fully saturated rings. The van der Waals surface area contributed by atoms with E-state index in [2.05, 4.69) is 0 Å². The minimum absolute atomic E-state index is 0.132. The summed E-state index contributed by atoms with van der Waals surface area (Å²) < 4.78 is 43.4. The van der Waals surface area contributed by atoms with E-state index in [9.17, 15) is 13.2 Å². The van der Waals surface area contributed by atoms with Crippen LogP contribution < -0.4 is 0 Å². The highest BCUT2D eigenvalue weighted by atomic mass is 35.5. The summed E-state index contributed by atoms with van der Waals surface area (Å²) in [5, 5.41) is -0.386. The summed E-state index contributed by atoms with van der Waals surface area (Å²) in [6.45, 7) is 0.408. The van der Waals surface area contributed by atoms with E-state index in [0.29, 0.717) is 13.0 Å². The average molecular weight is 251 g/mol. The molecule has 0 unspecified atom stereocenters. The van der Waals surface area contributed by atoms with E-state index in [1.165, 1.54) is 12.1 Å². The fraction of sp³-hybridized carbons (Fsp3) is 0.455. The summed E-state index contributed by atoms with van der Waals surface area (Å²) in [6.07, 6.45) is -4.43. The molecule has 0 aliphatic carbocycles. The number of alkyl halides is 4. The van der Waals surface area contributed by atoms with Crippen LogP contribution in [0.2, 0.25) is 0 Å². The van der Waals surface area contributed by atoms with Crippen molar-refractivity contribution in [3.8, 4) is 0 Å². The van der Waals surface area contributed by atoms with Gasteiger partial charge in [0.05, 0.1) is 17.0 Å². The van der Waals surface area contributed by atoms with Crippen LogP contribution in [0.4, 0.5) is 13.2 Å². The maximum atomic E-state index is 12.7. The van der Waals surface area contributed by atoms with Crippen LogP contribution in [0.1, 0.15) is 23.7 Å². The molecule has 1 nitrogen and oxygen atoms in total. The van der Waals surface area contributed by atoms with Crippen LogP contribution in [0, 0.1) is 0 Å². The summed E-state index contributed by atoms with van der Waals surface area (Å²) in [7, 11) is 0. The lowest BCUT2D eigenvalue weighted by atomic mass is 10.00. The zero-order valence-electron chi connectivity index (χ0n) is 8.30. The van der Waals surface area contributed by atoms with Crippen LogP contribution in [0.15, 0.2) is 24.3 Å². The van der Waals surface area contributed by atoms with Gasteiger partial charge in [0.15, 0.2) is 0 Å². The summed E-state index contributed by atoms with van der Waals surface area (Å²) >= 11 is 5.94. The van der Waals surface area contributed by atoms with Gasteiger partial charge in [0.25, 0.3) is 0 Å². The number of rotatable bonds is 1. The van der Waals surface area contributed by atoms with Gasteiger partial charge in [-0.25, -0.2) is 0 Å². The van der Waals surface area contributed by atoms with Gasteiger partial charge in [0.2, 0.25) is 0 Å². The molecule has 0 spiro atoms. The number of benzene rings is 1. The molecular formula is C11H10ClF3O. The zero-order valence-corrected chi connectivity index (χ0v) is 9.05. The Morgan fingerprint density at radius 2 is 1.94 bits per heavy atom. The molecule has 0 saturated carbocycles. The molecule has 88 valence electrons. The Bertz CT molecular complexity index is 378. The maximum absolute atomic E-state index is 12.7. The lowest BCUT2D eigenvalue weighted by molar-refractivity contribution is -0.139. The minimum atomic E-state index is -4.36. The van der Waals surface area contributed by atoms with Gasteiger partial charge in [-0.1, -0.05) is 18.2 Å². The quantitative estimate of drug-likeness (QED) is 0.690. The third-order valence-electron chi connectivity index (χ3n) is 2.59. The van der Waals surface area contributed by atoms with Crippen molar-refractivity contribution in [1.29, 1.82) is 0 Å². The molecule has 2 atom stereocenters. The number of hydrogen-bond acceptors (Lipinski definition) is 1. The predicted molar refractivity (Wildman–Crippen MR) is 54.4 cm³/mol. The highest BCUT2D eigenvalue weighted by Crippen LogP contribution is 2.40. The van der Waals surface area contributed by atoms with Gasteiger partial charge in [-0.05, 0) is 18.1 Å². The van der Waals surface area contributed by atoms with Gasteiger partial charge in [-0.3, -0.25) is 0 Å². The molecule has 2 rings (SSSR count). The van der Waals surface area contributed by atoms with Gasteiger partial charge in [0.1, 0.15) is 0 Å². The predicted octanol–water partition coefficient (Wildman–Crippen LogP) is 3.77. The fourth-order valence-corrected chi connectivity index (χ4v) is 2.15. The highest BCUT2D eigenvalue weighted by Gasteiger charge is 2.38. The number of hydrogen-bond donors (Lipinski definition) is 0. The molecule has 16 heavy (non-hydrogen) atoms. The molecule has 1 aliphatic rings. The Hall–Kier alpha value is -0.740. The Labute approximate surface area is 96.2 Å². The van der Waals surface area contributed by atoms with Crippen molar-refractivity contribution >= 4 is 11.6 Å². The van der Waals surface area contributed by atoms with Crippen molar-refractivity contribution in [2.45, 2.75) is 24.1 Å². The van der Waals surface area contributed by atoms with Crippen LogP contribution in [0.25, 0.3) is 0 Å². The molecular weight excluding hydrogens is 241 g/mol. The van der Waals surface area contributed by atoms with Crippen molar-refractivity contribution < 1.29 is 17.9 Å². The molecule has 1 aromatic rings. The first-order chi connectivity index (χ1) is 7.50. The Morgan fingerprint density at radius 3 is 2.50 bits per heavy atom. The second-order valence-corrected chi connectivity index (χ2v) is 4.24. The minimum Gasteiger partial charge on any atom is -0.372 e. The van der Waals surface area contributed by atoms with E-state index in [1.54, 1.807) is 6.07 Å². The Morgan fingerprint density at radius 1 is 1.25 bits per heavy atom. The van der Waals surface area contributed by atoms with Gasteiger partial charge < -0.3 is 4.74 Å². The Kier molecular flexibility index (Phi) is 3.13. The second-order valence-electron chi connectivity index (χ2n) is 3.68. The molecule has 1 aromatic carbocycles. The molecule has 1 aliphatic heterocycles. The van der Waals surface area contributed by atoms with E-state index in [4.69, 9.17) is 16.3 Å². The molecule has 1 heterocycles. The van der Waals surface area contributed by atoms with E-state index in [-0.39, 0.29) is 10.9 Å². The second kappa shape index (κ2) is 4.26. The van der Waals surface area contributed by atoms with E-state index < -0.39 is 17.8 Å². The topological polar surface area (TPSA) is 9.23 Å². The van der Waals surface area contributed by atoms with Crippen LogP contribution in [0.3, 0.4) is 0 Å². The third kappa shape index (κ3) is 2.18. The van der Waals surface area contributed by atoms with Crippen molar-refractivity contribution in [3.05, 3.63) is 35.4 Å². The lowest BCUT2D eigenvalue weighted by Gasteiger charge is -2.19. The Balaban J connectivity index is 2.40. The third-order valence-corrected chi connectivity index (χ3v) is 3.04. The molecule has 0 bridgehead atoms. The maximum Gasteiger partial charge on any atom is 0.416 e. The lowest BCUT2D eigenvalue weighted by Crippen LogP contribution is -2.15. The van der Waals surface area contributed by atoms with Crippen LogP contribution in [-0.2, 0) is 10.9 Å². The van der Waals surface area contributed by atoms with Crippen molar-refractivity contribution in [3.63, 3.8) is 0 Å². The zero-order chi connectivity index (χ0) is 11.8. The number of halogens is 4. The molecule has 1 saturated heterocycles. The van der Waals surface area contributed by atoms with E-state index in [1.807, 2.05) is 0 Å². The smallest absolute Gasteiger partial charge is 0.372 e.